The molecule has 0 bridgehead atoms. The van der Waals surface area contributed by atoms with Crippen LogP contribution in [0.2, 0.25) is 0 Å². The number of aromatic nitrogens is 1. The number of hydrogen-bond acceptors (Lipinski definition) is 3. The highest BCUT2D eigenvalue weighted by molar-refractivity contribution is 5.84. The topological polar surface area (TPSA) is 57.4 Å². The molecule has 1 aromatic carbocycles. The van der Waals surface area contributed by atoms with Crippen LogP contribution >= 0.6 is 0 Å². The van der Waals surface area contributed by atoms with Gasteiger partial charge in [0.1, 0.15) is 6.61 Å². The Morgan fingerprint density at radius 1 is 1.35 bits per heavy atom. The van der Waals surface area contributed by atoms with Crippen LogP contribution in [0.15, 0.2) is 24.4 Å². The van der Waals surface area contributed by atoms with Gasteiger partial charge in [0.25, 0.3) is 0 Å². The lowest BCUT2D eigenvalue weighted by Gasteiger charge is -2.18. The minimum Gasteiger partial charge on any atom is -0.447 e. The van der Waals surface area contributed by atoms with E-state index in [2.05, 4.69) is 46.6 Å². The van der Waals surface area contributed by atoms with E-state index in [-0.39, 0.29) is 12.1 Å². The summed E-state index contributed by atoms with van der Waals surface area (Å²) in [5, 5.41) is 4.16. The molecule has 5 heteroatoms. The summed E-state index contributed by atoms with van der Waals surface area (Å²) < 4.78 is 4.97. The summed E-state index contributed by atoms with van der Waals surface area (Å²) in [6.07, 6.45) is 6.35. The lowest BCUT2D eigenvalue weighted by Crippen LogP contribution is -2.28. The van der Waals surface area contributed by atoms with Gasteiger partial charge in [-0.1, -0.05) is 6.07 Å². The summed E-state index contributed by atoms with van der Waals surface area (Å²) in [7, 11) is 2.22. The van der Waals surface area contributed by atoms with E-state index in [0.717, 1.165) is 12.8 Å². The Balaban J connectivity index is 1.54. The smallest absolute Gasteiger partial charge is 0.407 e. The summed E-state index contributed by atoms with van der Waals surface area (Å²) in [6, 6.07) is 7.28. The molecule has 23 heavy (non-hydrogen) atoms. The van der Waals surface area contributed by atoms with Crippen molar-refractivity contribution < 1.29 is 9.53 Å². The second-order valence-electron chi connectivity index (χ2n) is 6.82. The number of carbonyl (C=O) groups is 1. The number of likely N-dealkylation sites (N-methyl/N-ethyl adjacent to an activating group) is 1. The molecule has 1 amide bonds. The molecule has 2 aliphatic rings. The Morgan fingerprint density at radius 3 is 3.00 bits per heavy atom. The molecule has 3 heterocycles. The molecule has 2 saturated heterocycles. The van der Waals surface area contributed by atoms with Gasteiger partial charge < -0.3 is 19.9 Å². The third kappa shape index (κ3) is 2.93. The third-order valence-electron chi connectivity index (χ3n) is 5.18. The summed E-state index contributed by atoms with van der Waals surface area (Å²) in [4.78, 5) is 17.0. The minimum absolute atomic E-state index is 0.0864. The number of carbonyl (C=O) groups excluding carboxylic acids is 1. The highest BCUT2D eigenvalue weighted by Gasteiger charge is 2.24. The van der Waals surface area contributed by atoms with Crippen molar-refractivity contribution in [2.75, 3.05) is 20.2 Å². The number of amides is 1. The fraction of sp³-hybridized carbons (Fsp3) is 0.500. The first-order valence-electron chi connectivity index (χ1n) is 8.41. The number of fused-ring (bicyclic) bond motifs is 1. The number of alkyl carbamates (subject to hydrolysis) is 1. The number of benzene rings is 1. The highest BCUT2D eigenvalue weighted by Crippen LogP contribution is 2.26. The van der Waals surface area contributed by atoms with Gasteiger partial charge in [0.2, 0.25) is 0 Å². The predicted octanol–water partition coefficient (Wildman–Crippen LogP) is 2.46. The van der Waals surface area contributed by atoms with E-state index in [9.17, 15) is 4.79 Å². The van der Waals surface area contributed by atoms with Crippen molar-refractivity contribution >= 4 is 17.0 Å². The fourth-order valence-electron chi connectivity index (χ4n) is 3.83. The molecule has 0 spiro atoms. The second kappa shape index (κ2) is 5.89. The predicted molar refractivity (Wildman–Crippen MR) is 89.6 cm³/mol. The number of nitrogens with zero attached hydrogens (tertiary/aromatic N) is 1. The van der Waals surface area contributed by atoms with E-state index in [0.29, 0.717) is 12.6 Å². The van der Waals surface area contributed by atoms with Crippen LogP contribution in [0.4, 0.5) is 4.79 Å². The minimum atomic E-state index is -0.303. The van der Waals surface area contributed by atoms with Crippen molar-refractivity contribution in [3.63, 3.8) is 0 Å². The molecule has 2 N–H and O–H groups in total. The molecule has 2 aromatic rings. The molecule has 2 unspecified atom stereocenters. The van der Waals surface area contributed by atoms with E-state index in [1.807, 2.05) is 0 Å². The molecule has 1 aromatic heterocycles. The van der Waals surface area contributed by atoms with Crippen molar-refractivity contribution in [2.24, 2.45) is 0 Å². The van der Waals surface area contributed by atoms with Gasteiger partial charge in [0, 0.05) is 23.1 Å². The molecular formula is C18H23N3O2. The summed E-state index contributed by atoms with van der Waals surface area (Å²) >= 11 is 0. The van der Waals surface area contributed by atoms with Crippen molar-refractivity contribution in [3.8, 4) is 0 Å². The second-order valence-corrected chi connectivity index (χ2v) is 6.82. The maximum absolute atomic E-state index is 11.1. The number of H-pyrrole nitrogens is 1. The number of aromatic amines is 1. The van der Waals surface area contributed by atoms with Gasteiger partial charge in [-0.25, -0.2) is 4.79 Å². The molecule has 2 fully saturated rings. The number of cyclic esters (lactones) is 1. The van der Waals surface area contributed by atoms with Gasteiger partial charge in [-0.15, -0.1) is 0 Å². The highest BCUT2D eigenvalue weighted by atomic mass is 16.6. The first-order valence-corrected chi connectivity index (χ1v) is 8.41. The van der Waals surface area contributed by atoms with Gasteiger partial charge in [-0.2, -0.15) is 0 Å². The monoisotopic (exact) mass is 313 g/mol. The zero-order chi connectivity index (χ0) is 15.8. The van der Waals surface area contributed by atoms with E-state index in [1.54, 1.807) is 0 Å². The van der Waals surface area contributed by atoms with Gasteiger partial charge >= 0.3 is 6.09 Å². The third-order valence-corrected chi connectivity index (χ3v) is 5.18. The average Bonchev–Trinajstić information content (AvgIpc) is 3.23. The van der Waals surface area contributed by atoms with Crippen LogP contribution in [-0.2, 0) is 17.6 Å². The van der Waals surface area contributed by atoms with E-state index in [1.165, 1.54) is 41.4 Å². The number of ether oxygens (including phenoxy) is 1. The molecule has 2 aliphatic heterocycles. The molecule has 4 rings (SSSR count). The van der Waals surface area contributed by atoms with Crippen LogP contribution in [0.3, 0.4) is 0 Å². The van der Waals surface area contributed by atoms with E-state index in [4.69, 9.17) is 4.74 Å². The van der Waals surface area contributed by atoms with Gasteiger partial charge in [-0.05, 0) is 62.5 Å². The molecule has 2 atom stereocenters. The zero-order valence-corrected chi connectivity index (χ0v) is 13.5. The van der Waals surface area contributed by atoms with Crippen molar-refractivity contribution in [1.29, 1.82) is 0 Å². The van der Waals surface area contributed by atoms with Gasteiger partial charge in [0.15, 0.2) is 0 Å². The molecule has 5 nitrogen and oxygen atoms in total. The first kappa shape index (κ1) is 14.6. The van der Waals surface area contributed by atoms with Crippen LogP contribution in [0, 0.1) is 0 Å². The summed E-state index contributed by atoms with van der Waals surface area (Å²) in [5.41, 5.74) is 3.83. The molecule has 0 saturated carbocycles. The quantitative estimate of drug-likeness (QED) is 0.911. The lowest BCUT2D eigenvalue weighted by molar-refractivity contribution is 0.177. The van der Waals surface area contributed by atoms with Crippen molar-refractivity contribution in [3.05, 3.63) is 35.5 Å². The normalized spacial score (nSPS) is 25.0. The number of nitrogens with one attached hydrogen (secondary N) is 2. The van der Waals surface area contributed by atoms with Crippen molar-refractivity contribution in [2.45, 2.75) is 37.8 Å². The SMILES string of the molecule is CN1CCCC1Cc1c[nH]c2ccc(CC3COC(=O)N3)cc12. The average molecular weight is 313 g/mol. The molecule has 122 valence electrons. The Bertz CT molecular complexity index is 724. The Labute approximate surface area is 136 Å². The van der Waals surface area contributed by atoms with Gasteiger partial charge in [-0.3, -0.25) is 0 Å². The molecular weight excluding hydrogens is 290 g/mol. The largest absolute Gasteiger partial charge is 0.447 e. The van der Waals surface area contributed by atoms with Crippen LogP contribution in [0.1, 0.15) is 24.0 Å². The summed E-state index contributed by atoms with van der Waals surface area (Å²) in [6.45, 7) is 1.67. The maximum atomic E-state index is 11.1. The summed E-state index contributed by atoms with van der Waals surface area (Å²) in [5.74, 6) is 0. The Hall–Kier alpha value is -2.01. The standard InChI is InChI=1S/C18H23N3O2/c1-21-6-2-3-15(21)9-13-10-19-17-5-4-12(8-16(13)17)7-14-11-23-18(22)20-14/h4-5,8,10,14-15,19H,2-3,6-7,9,11H2,1H3,(H,20,22). The van der Waals surface area contributed by atoms with Crippen LogP contribution < -0.4 is 5.32 Å². The maximum Gasteiger partial charge on any atom is 0.407 e. The Kier molecular flexibility index (Phi) is 3.73. The number of hydrogen-bond donors (Lipinski definition) is 2. The Morgan fingerprint density at radius 2 is 2.26 bits per heavy atom. The number of likely N-dealkylation sites (tertiary alicyclic amines) is 1. The first-order chi connectivity index (χ1) is 11.2. The van der Waals surface area contributed by atoms with Gasteiger partial charge in [0.05, 0.1) is 6.04 Å². The molecule has 0 aliphatic carbocycles. The lowest BCUT2D eigenvalue weighted by atomic mass is 10.00. The molecule has 0 radical (unpaired) electrons. The van der Waals surface area contributed by atoms with Crippen LogP contribution in [0.25, 0.3) is 10.9 Å². The van der Waals surface area contributed by atoms with E-state index < -0.39 is 0 Å². The van der Waals surface area contributed by atoms with E-state index >= 15 is 0 Å². The van der Waals surface area contributed by atoms with Crippen LogP contribution in [-0.4, -0.2) is 48.3 Å². The zero-order valence-electron chi connectivity index (χ0n) is 13.5. The van der Waals surface area contributed by atoms with Crippen LogP contribution in [0.5, 0.6) is 0 Å². The number of rotatable bonds is 4. The fourth-order valence-corrected chi connectivity index (χ4v) is 3.83. The van der Waals surface area contributed by atoms with Crippen molar-refractivity contribution in [1.82, 2.24) is 15.2 Å².